The summed E-state index contributed by atoms with van der Waals surface area (Å²) in [5.41, 5.74) is 2.84. The number of thioether (sulfide) groups is 1. The maximum absolute atomic E-state index is 11.5. The Morgan fingerprint density at radius 3 is 2.55 bits per heavy atom. The molecule has 0 amide bonds. The Bertz CT molecular complexity index is 1410. The molecule has 5 rings (SSSR count). The van der Waals surface area contributed by atoms with E-state index in [0.717, 1.165) is 35.6 Å². The van der Waals surface area contributed by atoms with Crippen LogP contribution in [0.5, 0.6) is 17.2 Å². The second-order valence-electron chi connectivity index (χ2n) is 9.88. The van der Waals surface area contributed by atoms with E-state index < -0.39 is 9.98 Å². The number of benzene rings is 3. The number of para-hydroxylation sites is 1. The fourth-order valence-corrected chi connectivity index (χ4v) is 6.43. The highest BCUT2D eigenvalue weighted by Gasteiger charge is 2.54. The van der Waals surface area contributed by atoms with Gasteiger partial charge in [-0.3, -0.25) is 10.1 Å². The SMILES string of the molecule is CCC(C)c1ccc(OCCCCN2c3ccccc3SC23Oc2c(cc([N+](=O)[O-])cc2OC)C=C3OC)cc1. The first-order valence-corrected chi connectivity index (χ1v) is 14.3. The van der Waals surface area contributed by atoms with Crippen LogP contribution in [0.25, 0.3) is 6.08 Å². The van der Waals surface area contributed by atoms with Gasteiger partial charge >= 0.3 is 0 Å². The van der Waals surface area contributed by atoms with Gasteiger partial charge in [0.1, 0.15) is 5.75 Å². The minimum absolute atomic E-state index is 0.0735. The fraction of sp³-hybridized carbons (Fsp3) is 0.355. The smallest absolute Gasteiger partial charge is 0.295 e. The summed E-state index contributed by atoms with van der Waals surface area (Å²) in [6, 6.07) is 19.4. The van der Waals surface area contributed by atoms with Crippen LogP contribution in [0.15, 0.2) is 71.3 Å². The van der Waals surface area contributed by atoms with E-state index in [-0.39, 0.29) is 5.69 Å². The zero-order chi connectivity index (χ0) is 28.3. The number of nitro benzene ring substituents is 1. The van der Waals surface area contributed by atoms with Crippen LogP contribution >= 0.6 is 11.8 Å². The molecule has 2 atom stereocenters. The highest BCUT2D eigenvalue weighted by Crippen LogP contribution is 2.58. The van der Waals surface area contributed by atoms with Crippen molar-refractivity contribution in [2.75, 3.05) is 32.3 Å². The molecule has 0 aliphatic carbocycles. The van der Waals surface area contributed by atoms with Crippen LogP contribution in [0.1, 0.15) is 50.2 Å². The molecule has 9 heteroatoms. The first-order chi connectivity index (χ1) is 19.4. The Labute approximate surface area is 239 Å². The van der Waals surface area contributed by atoms with Gasteiger partial charge < -0.3 is 23.8 Å². The van der Waals surface area contributed by atoms with Crippen LogP contribution in [0.3, 0.4) is 0 Å². The average Bonchev–Trinajstić information content (AvgIpc) is 3.28. The molecule has 2 heterocycles. The number of hydrogen-bond acceptors (Lipinski definition) is 8. The lowest BCUT2D eigenvalue weighted by Crippen LogP contribution is -2.51. The van der Waals surface area contributed by atoms with Gasteiger partial charge in [-0.25, -0.2) is 0 Å². The topological polar surface area (TPSA) is 83.3 Å². The zero-order valence-corrected chi connectivity index (χ0v) is 24.0. The minimum atomic E-state index is -1.01. The van der Waals surface area contributed by atoms with E-state index in [2.05, 4.69) is 43.0 Å². The van der Waals surface area contributed by atoms with Crippen molar-refractivity contribution in [3.8, 4) is 17.2 Å². The molecule has 0 N–H and O–H groups in total. The molecule has 0 aromatic heterocycles. The Kier molecular flexibility index (Phi) is 8.12. The molecule has 0 saturated carbocycles. The van der Waals surface area contributed by atoms with Crippen LogP contribution < -0.4 is 19.1 Å². The zero-order valence-electron chi connectivity index (χ0n) is 23.2. The van der Waals surface area contributed by atoms with Crippen LogP contribution in [-0.4, -0.2) is 37.4 Å². The van der Waals surface area contributed by atoms with E-state index in [4.69, 9.17) is 18.9 Å². The standard InChI is InChI=1S/C31H34N2O6S/c1-5-21(2)22-12-14-25(15-13-22)38-17-9-8-16-32-26-10-6-7-11-28(26)40-31(32)29(37-4)19-23-18-24(33(34)35)20-27(36-3)30(23)39-31/h6-7,10-15,18-21H,5,8-9,16-17H2,1-4H3. The van der Waals surface area contributed by atoms with Crippen LogP contribution in [0.2, 0.25) is 0 Å². The van der Waals surface area contributed by atoms with Gasteiger partial charge in [0, 0.05) is 23.1 Å². The summed E-state index contributed by atoms with van der Waals surface area (Å²) in [7, 11) is 3.08. The first kappa shape index (κ1) is 27.7. The van der Waals surface area contributed by atoms with Crippen LogP contribution in [0.4, 0.5) is 11.4 Å². The Morgan fingerprint density at radius 1 is 1.07 bits per heavy atom. The maximum atomic E-state index is 11.5. The highest BCUT2D eigenvalue weighted by molar-refractivity contribution is 8.01. The van der Waals surface area contributed by atoms with Crippen molar-refractivity contribution in [1.29, 1.82) is 0 Å². The highest BCUT2D eigenvalue weighted by atomic mass is 32.2. The summed E-state index contributed by atoms with van der Waals surface area (Å²) in [6.07, 6.45) is 4.63. The molecule has 210 valence electrons. The lowest BCUT2D eigenvalue weighted by atomic mass is 9.99. The van der Waals surface area contributed by atoms with Crippen molar-refractivity contribution in [2.45, 2.75) is 49.0 Å². The summed E-state index contributed by atoms with van der Waals surface area (Å²) >= 11 is 1.55. The van der Waals surface area contributed by atoms with E-state index >= 15 is 0 Å². The van der Waals surface area contributed by atoms with Gasteiger partial charge in [0.05, 0.1) is 37.5 Å². The third-order valence-electron chi connectivity index (χ3n) is 7.42. The molecule has 3 aromatic rings. The average molecular weight is 563 g/mol. The third-order valence-corrected chi connectivity index (χ3v) is 8.77. The summed E-state index contributed by atoms with van der Waals surface area (Å²) in [5.74, 6) is 2.73. The second-order valence-corrected chi connectivity index (χ2v) is 11.1. The quantitative estimate of drug-likeness (QED) is 0.134. The molecular formula is C31H34N2O6S. The molecule has 8 nitrogen and oxygen atoms in total. The van der Waals surface area contributed by atoms with Crippen molar-refractivity contribution < 1.29 is 23.9 Å². The van der Waals surface area contributed by atoms with E-state index in [9.17, 15) is 10.1 Å². The summed E-state index contributed by atoms with van der Waals surface area (Å²) in [4.78, 5) is 14.3. The predicted octanol–water partition coefficient (Wildman–Crippen LogP) is 7.62. The number of unbranched alkanes of at least 4 members (excludes halogenated alkanes) is 1. The van der Waals surface area contributed by atoms with E-state index in [1.54, 1.807) is 18.9 Å². The number of fused-ring (bicyclic) bond motifs is 2. The second kappa shape index (κ2) is 11.7. The van der Waals surface area contributed by atoms with Gasteiger partial charge in [-0.05, 0) is 72.8 Å². The minimum Gasteiger partial charge on any atom is -0.494 e. The van der Waals surface area contributed by atoms with Gasteiger partial charge in [0.15, 0.2) is 17.3 Å². The summed E-state index contributed by atoms with van der Waals surface area (Å²) in [5, 5.41) is 10.5. The van der Waals surface area contributed by atoms with E-state index in [1.807, 2.05) is 30.3 Å². The van der Waals surface area contributed by atoms with Crippen molar-refractivity contribution >= 4 is 29.2 Å². The molecular weight excluding hydrogens is 528 g/mol. The number of methoxy groups -OCH3 is 2. The van der Waals surface area contributed by atoms with Crippen molar-refractivity contribution in [3.05, 3.63) is 87.7 Å². The molecule has 2 unspecified atom stereocenters. The number of non-ortho nitro benzene ring substituents is 1. The number of rotatable bonds is 11. The number of nitrogens with zero attached hydrogens (tertiary/aromatic N) is 2. The number of hydrogen-bond donors (Lipinski definition) is 0. The number of ether oxygens (including phenoxy) is 4. The Hall–Kier alpha value is -3.85. The van der Waals surface area contributed by atoms with Gasteiger partial charge in [-0.1, -0.05) is 38.1 Å². The van der Waals surface area contributed by atoms with Gasteiger partial charge in [-0.15, -0.1) is 0 Å². The Morgan fingerprint density at radius 2 is 1.85 bits per heavy atom. The summed E-state index contributed by atoms with van der Waals surface area (Å²) < 4.78 is 24.2. The molecule has 40 heavy (non-hydrogen) atoms. The van der Waals surface area contributed by atoms with Gasteiger partial charge in [0.25, 0.3) is 10.7 Å². The fourth-order valence-electron chi connectivity index (χ4n) is 5.04. The predicted molar refractivity (Wildman–Crippen MR) is 158 cm³/mol. The molecule has 0 radical (unpaired) electrons. The molecule has 2 aliphatic heterocycles. The molecule has 3 aromatic carbocycles. The first-order valence-electron chi connectivity index (χ1n) is 13.5. The number of anilines is 1. The molecule has 0 fully saturated rings. The van der Waals surface area contributed by atoms with Gasteiger partial charge in [0.2, 0.25) is 0 Å². The van der Waals surface area contributed by atoms with Crippen molar-refractivity contribution in [2.24, 2.45) is 0 Å². The third kappa shape index (κ3) is 5.18. The van der Waals surface area contributed by atoms with Gasteiger partial charge in [-0.2, -0.15) is 0 Å². The van der Waals surface area contributed by atoms with Crippen molar-refractivity contribution in [1.82, 2.24) is 0 Å². The normalized spacial score (nSPS) is 17.9. The molecule has 0 bridgehead atoms. The lowest BCUT2D eigenvalue weighted by Gasteiger charge is -2.42. The lowest BCUT2D eigenvalue weighted by molar-refractivity contribution is -0.385. The molecule has 1 spiro atoms. The Balaban J connectivity index is 1.35. The molecule has 0 saturated heterocycles. The van der Waals surface area contributed by atoms with Crippen LogP contribution in [-0.2, 0) is 4.74 Å². The maximum Gasteiger partial charge on any atom is 0.295 e. The monoisotopic (exact) mass is 562 g/mol. The van der Waals surface area contributed by atoms with Crippen molar-refractivity contribution in [3.63, 3.8) is 0 Å². The van der Waals surface area contributed by atoms with E-state index in [1.165, 1.54) is 24.8 Å². The van der Waals surface area contributed by atoms with Crippen LogP contribution in [0, 0.1) is 10.1 Å². The van der Waals surface area contributed by atoms with E-state index in [0.29, 0.717) is 41.9 Å². The largest absolute Gasteiger partial charge is 0.494 e. The number of nitro groups is 1. The summed E-state index contributed by atoms with van der Waals surface area (Å²) in [6.45, 7) is 5.72. The molecule has 2 aliphatic rings.